The molecule has 5 rings (SSSR count). The third-order valence-corrected chi connectivity index (χ3v) is 8.63. The van der Waals surface area contributed by atoms with Gasteiger partial charge in [0, 0.05) is 61.6 Å². The molecule has 0 aliphatic carbocycles. The molecule has 3 aliphatic rings. The molecule has 10 heteroatoms. The molecular formula is C29H38Cl2N6O2. The minimum Gasteiger partial charge on any atom is -0.465 e. The number of anilines is 1. The van der Waals surface area contributed by atoms with E-state index >= 15 is 0 Å². The SMILES string of the molecule is CCC[C@H]1CN(c2ncc(C3=NCCN3)cc2Cl)CCN1C1CCN(Cc2ccc(Cl)cc2C(=O)OC)CC1. The second-order valence-electron chi connectivity index (χ2n) is 10.6. The van der Waals surface area contributed by atoms with Crippen molar-refractivity contribution in [2.75, 3.05) is 57.8 Å². The molecule has 1 N–H and O–H groups in total. The number of pyridine rings is 1. The number of rotatable bonds is 8. The number of esters is 1. The minimum atomic E-state index is -0.337. The predicted molar refractivity (Wildman–Crippen MR) is 157 cm³/mol. The van der Waals surface area contributed by atoms with Gasteiger partial charge in [0.25, 0.3) is 0 Å². The van der Waals surface area contributed by atoms with E-state index in [2.05, 4.69) is 31.9 Å². The third-order valence-electron chi connectivity index (χ3n) is 8.12. The second kappa shape index (κ2) is 12.9. The summed E-state index contributed by atoms with van der Waals surface area (Å²) in [7, 11) is 1.41. The molecule has 0 saturated carbocycles. The summed E-state index contributed by atoms with van der Waals surface area (Å²) < 4.78 is 4.98. The Labute approximate surface area is 241 Å². The number of aromatic nitrogens is 1. The molecule has 0 bridgehead atoms. The molecule has 0 amide bonds. The zero-order valence-electron chi connectivity index (χ0n) is 22.8. The Balaban J connectivity index is 1.20. The van der Waals surface area contributed by atoms with Gasteiger partial charge in [-0.1, -0.05) is 42.6 Å². The Hall–Kier alpha value is -2.39. The standard InChI is InChI=1S/C29H38Cl2N6O2/c1-3-4-24-19-36(28-26(31)15-21(17-34-28)27-32-9-10-33-27)13-14-37(24)23-7-11-35(12-8-23)18-20-5-6-22(30)16-25(20)29(38)39-2/h5-6,15-17,23-24H,3-4,7-14,18-19H2,1-2H3,(H,32,33)/t24-/m0/s1. The van der Waals surface area contributed by atoms with Crippen LogP contribution in [-0.4, -0.2) is 91.6 Å². The van der Waals surface area contributed by atoms with E-state index in [-0.39, 0.29) is 5.97 Å². The zero-order valence-corrected chi connectivity index (χ0v) is 24.3. The highest BCUT2D eigenvalue weighted by Crippen LogP contribution is 2.30. The molecular weight excluding hydrogens is 535 g/mol. The highest BCUT2D eigenvalue weighted by molar-refractivity contribution is 6.33. The number of carbonyl (C=O) groups is 1. The molecule has 1 atom stereocenters. The van der Waals surface area contributed by atoms with Crippen LogP contribution >= 0.6 is 23.2 Å². The molecule has 0 radical (unpaired) electrons. The van der Waals surface area contributed by atoms with Gasteiger partial charge in [-0.2, -0.15) is 0 Å². The Morgan fingerprint density at radius 3 is 2.67 bits per heavy atom. The number of piperazine rings is 1. The van der Waals surface area contributed by atoms with Crippen molar-refractivity contribution in [3.05, 3.63) is 57.2 Å². The highest BCUT2D eigenvalue weighted by atomic mass is 35.5. The van der Waals surface area contributed by atoms with Crippen LogP contribution in [0.5, 0.6) is 0 Å². The van der Waals surface area contributed by atoms with Gasteiger partial charge >= 0.3 is 5.97 Å². The van der Waals surface area contributed by atoms with Crippen molar-refractivity contribution >= 4 is 40.8 Å². The maximum absolute atomic E-state index is 12.3. The van der Waals surface area contributed by atoms with Crippen molar-refractivity contribution < 1.29 is 9.53 Å². The van der Waals surface area contributed by atoms with E-state index in [1.807, 2.05) is 24.4 Å². The highest BCUT2D eigenvalue weighted by Gasteiger charge is 2.34. The number of nitrogens with zero attached hydrogens (tertiary/aromatic N) is 5. The molecule has 8 nitrogen and oxygen atoms in total. The Morgan fingerprint density at radius 2 is 1.97 bits per heavy atom. The van der Waals surface area contributed by atoms with Gasteiger partial charge in [-0.25, -0.2) is 9.78 Å². The lowest BCUT2D eigenvalue weighted by Crippen LogP contribution is -2.58. The Bertz CT molecular complexity index is 1200. The topological polar surface area (TPSA) is 73.3 Å². The van der Waals surface area contributed by atoms with Crippen LogP contribution in [0.1, 0.15) is 54.1 Å². The van der Waals surface area contributed by atoms with Gasteiger partial charge in [-0.15, -0.1) is 0 Å². The molecule has 3 aliphatic heterocycles. The number of ether oxygens (including phenoxy) is 1. The fourth-order valence-electron chi connectivity index (χ4n) is 6.15. The zero-order chi connectivity index (χ0) is 27.4. The number of carbonyl (C=O) groups excluding carboxylic acids is 1. The first-order valence-corrected chi connectivity index (χ1v) is 14.8. The van der Waals surface area contributed by atoms with E-state index < -0.39 is 0 Å². The summed E-state index contributed by atoms with van der Waals surface area (Å²) in [4.78, 5) is 29.1. The van der Waals surface area contributed by atoms with Crippen LogP contribution in [0.15, 0.2) is 35.5 Å². The fraction of sp³-hybridized carbons (Fsp3) is 0.552. The summed E-state index contributed by atoms with van der Waals surface area (Å²) in [5, 5.41) is 4.53. The van der Waals surface area contributed by atoms with Crippen LogP contribution in [0.25, 0.3) is 0 Å². The number of piperidine rings is 1. The summed E-state index contributed by atoms with van der Waals surface area (Å²) in [5.41, 5.74) is 2.47. The molecule has 2 fully saturated rings. The van der Waals surface area contributed by atoms with Crippen LogP contribution in [0, 0.1) is 0 Å². The Kier molecular flexibility index (Phi) is 9.28. The average Bonchev–Trinajstić information content (AvgIpc) is 3.49. The van der Waals surface area contributed by atoms with Gasteiger partial charge in [0.05, 0.1) is 24.2 Å². The summed E-state index contributed by atoms with van der Waals surface area (Å²) in [5.74, 6) is 1.42. The molecule has 210 valence electrons. The van der Waals surface area contributed by atoms with Crippen molar-refractivity contribution in [2.24, 2.45) is 4.99 Å². The molecule has 2 aromatic rings. The molecule has 1 aromatic heterocycles. The molecule has 2 saturated heterocycles. The van der Waals surface area contributed by atoms with Crippen LogP contribution < -0.4 is 10.2 Å². The summed E-state index contributed by atoms with van der Waals surface area (Å²) >= 11 is 12.9. The van der Waals surface area contributed by atoms with E-state index in [0.29, 0.717) is 27.7 Å². The van der Waals surface area contributed by atoms with Gasteiger partial charge in [0.1, 0.15) is 11.7 Å². The second-order valence-corrected chi connectivity index (χ2v) is 11.5. The molecule has 1 aromatic carbocycles. The maximum Gasteiger partial charge on any atom is 0.338 e. The van der Waals surface area contributed by atoms with E-state index in [1.165, 1.54) is 7.11 Å². The van der Waals surface area contributed by atoms with Crippen molar-refractivity contribution in [3.63, 3.8) is 0 Å². The van der Waals surface area contributed by atoms with Crippen molar-refractivity contribution in [3.8, 4) is 0 Å². The van der Waals surface area contributed by atoms with Crippen LogP contribution in [0.3, 0.4) is 0 Å². The number of halogens is 2. The normalized spacial score (nSPS) is 21.1. The van der Waals surface area contributed by atoms with Gasteiger partial charge < -0.3 is 15.0 Å². The molecule has 0 unspecified atom stereocenters. The number of likely N-dealkylation sites (tertiary alicyclic amines) is 1. The van der Waals surface area contributed by atoms with Crippen LogP contribution in [0.4, 0.5) is 5.82 Å². The number of nitrogens with one attached hydrogen (secondary N) is 1. The minimum absolute atomic E-state index is 0.337. The lowest BCUT2D eigenvalue weighted by Gasteiger charge is -2.48. The number of aliphatic imine (C=N–C) groups is 1. The van der Waals surface area contributed by atoms with E-state index in [9.17, 15) is 4.79 Å². The average molecular weight is 574 g/mol. The fourth-order valence-corrected chi connectivity index (χ4v) is 6.61. The van der Waals surface area contributed by atoms with E-state index in [4.69, 9.17) is 32.9 Å². The van der Waals surface area contributed by atoms with E-state index in [1.54, 1.807) is 6.07 Å². The first-order valence-electron chi connectivity index (χ1n) is 14.0. The maximum atomic E-state index is 12.3. The molecule has 4 heterocycles. The van der Waals surface area contributed by atoms with Gasteiger partial charge in [-0.3, -0.25) is 14.8 Å². The number of amidine groups is 1. The number of hydrogen-bond acceptors (Lipinski definition) is 8. The van der Waals surface area contributed by atoms with Gasteiger partial charge in [0.2, 0.25) is 0 Å². The van der Waals surface area contributed by atoms with Crippen molar-refractivity contribution in [1.29, 1.82) is 0 Å². The first-order chi connectivity index (χ1) is 19.0. The summed E-state index contributed by atoms with van der Waals surface area (Å²) in [6.45, 7) is 9.51. The van der Waals surface area contributed by atoms with E-state index in [0.717, 1.165) is 101 Å². The third kappa shape index (κ3) is 6.51. The van der Waals surface area contributed by atoms with Crippen LogP contribution in [0.2, 0.25) is 10.0 Å². The lowest BCUT2D eigenvalue weighted by molar-refractivity contribution is 0.0566. The Morgan fingerprint density at radius 1 is 1.15 bits per heavy atom. The quantitative estimate of drug-likeness (QED) is 0.467. The van der Waals surface area contributed by atoms with Crippen molar-refractivity contribution in [1.82, 2.24) is 20.1 Å². The largest absolute Gasteiger partial charge is 0.465 e. The van der Waals surface area contributed by atoms with Crippen LogP contribution in [-0.2, 0) is 11.3 Å². The number of hydrogen-bond donors (Lipinski definition) is 1. The molecule has 39 heavy (non-hydrogen) atoms. The predicted octanol–water partition coefficient (Wildman–Crippen LogP) is 4.48. The lowest BCUT2D eigenvalue weighted by atomic mass is 9.96. The van der Waals surface area contributed by atoms with Gasteiger partial charge in [-0.05, 0) is 56.1 Å². The summed E-state index contributed by atoms with van der Waals surface area (Å²) in [6, 6.07) is 8.52. The first kappa shape index (κ1) is 28.1. The number of methoxy groups -OCH3 is 1. The van der Waals surface area contributed by atoms with Gasteiger partial charge in [0.15, 0.2) is 0 Å². The monoisotopic (exact) mass is 572 g/mol. The molecule has 0 spiro atoms. The smallest absolute Gasteiger partial charge is 0.338 e. The number of benzene rings is 1. The summed E-state index contributed by atoms with van der Waals surface area (Å²) in [6.07, 6.45) is 6.42. The van der Waals surface area contributed by atoms with Crippen molar-refractivity contribution in [2.45, 2.75) is 51.2 Å².